The number of amides is 1. The second-order valence-corrected chi connectivity index (χ2v) is 4.89. The lowest BCUT2D eigenvalue weighted by molar-refractivity contribution is -0.384. The van der Waals surface area contributed by atoms with Crippen molar-refractivity contribution in [3.63, 3.8) is 0 Å². The van der Waals surface area contributed by atoms with E-state index in [4.69, 9.17) is 15.2 Å². The molecule has 1 heterocycles. The molecule has 8 nitrogen and oxygen atoms in total. The summed E-state index contributed by atoms with van der Waals surface area (Å²) in [4.78, 5) is 21.7. The minimum Gasteiger partial charge on any atom is -0.454 e. The fourth-order valence-corrected chi connectivity index (χ4v) is 2.23. The Kier molecular flexibility index (Phi) is 3.71. The molecule has 2 aromatic carbocycles. The first-order chi connectivity index (χ1) is 11.0. The van der Waals surface area contributed by atoms with Gasteiger partial charge in [-0.3, -0.25) is 14.9 Å². The number of hydrogen-bond acceptors (Lipinski definition) is 6. The van der Waals surface area contributed by atoms with Gasteiger partial charge in [0.1, 0.15) is 5.69 Å². The van der Waals surface area contributed by atoms with Crippen LogP contribution in [-0.4, -0.2) is 17.6 Å². The minimum atomic E-state index is -0.713. The zero-order chi connectivity index (χ0) is 16.4. The second kappa shape index (κ2) is 5.84. The molecule has 0 spiro atoms. The largest absolute Gasteiger partial charge is 0.454 e. The number of anilines is 1. The van der Waals surface area contributed by atoms with Gasteiger partial charge in [-0.1, -0.05) is 6.07 Å². The van der Waals surface area contributed by atoms with E-state index in [-0.39, 0.29) is 18.0 Å². The van der Waals surface area contributed by atoms with Crippen LogP contribution in [0.25, 0.3) is 0 Å². The Morgan fingerprint density at radius 1 is 1.22 bits per heavy atom. The van der Waals surface area contributed by atoms with Gasteiger partial charge in [-0.25, -0.2) is 0 Å². The van der Waals surface area contributed by atoms with E-state index in [1.165, 1.54) is 12.1 Å². The van der Waals surface area contributed by atoms with Gasteiger partial charge in [0, 0.05) is 18.2 Å². The number of nitro benzene ring substituents is 1. The van der Waals surface area contributed by atoms with Crippen LogP contribution in [0.4, 0.5) is 11.4 Å². The Labute approximate surface area is 131 Å². The monoisotopic (exact) mass is 315 g/mol. The van der Waals surface area contributed by atoms with Gasteiger partial charge >= 0.3 is 0 Å². The molecule has 1 aliphatic heterocycles. The molecule has 0 atom stereocenters. The number of benzene rings is 2. The van der Waals surface area contributed by atoms with E-state index < -0.39 is 10.8 Å². The Balaban J connectivity index is 1.80. The summed E-state index contributed by atoms with van der Waals surface area (Å²) in [5.41, 5.74) is 6.20. The van der Waals surface area contributed by atoms with Crippen LogP contribution in [0.3, 0.4) is 0 Å². The molecule has 23 heavy (non-hydrogen) atoms. The maximum Gasteiger partial charge on any atom is 0.293 e. The highest BCUT2D eigenvalue weighted by molar-refractivity contribution is 5.94. The van der Waals surface area contributed by atoms with Gasteiger partial charge in [0.25, 0.3) is 5.69 Å². The van der Waals surface area contributed by atoms with E-state index >= 15 is 0 Å². The van der Waals surface area contributed by atoms with E-state index in [0.29, 0.717) is 23.7 Å². The van der Waals surface area contributed by atoms with Crippen molar-refractivity contribution in [1.29, 1.82) is 0 Å². The highest BCUT2D eigenvalue weighted by Gasteiger charge is 2.17. The number of nitrogens with two attached hydrogens (primary N) is 1. The molecule has 0 fully saturated rings. The number of ether oxygens (including phenoxy) is 2. The molecule has 0 saturated carbocycles. The third-order valence-corrected chi connectivity index (χ3v) is 3.40. The summed E-state index contributed by atoms with van der Waals surface area (Å²) in [7, 11) is 0. The Hall–Kier alpha value is -3.29. The van der Waals surface area contributed by atoms with Crippen molar-refractivity contribution >= 4 is 17.3 Å². The van der Waals surface area contributed by atoms with Crippen molar-refractivity contribution in [1.82, 2.24) is 0 Å². The lowest BCUT2D eigenvalue weighted by Crippen LogP contribution is -2.12. The number of nitrogens with zero attached hydrogens (tertiary/aromatic N) is 1. The maximum absolute atomic E-state index is 11.1. The topological polar surface area (TPSA) is 117 Å². The fraction of sp³-hybridized carbons (Fsp3) is 0.133. The van der Waals surface area contributed by atoms with Crippen LogP contribution in [0.5, 0.6) is 11.5 Å². The molecule has 0 saturated heterocycles. The number of fused-ring (bicyclic) bond motifs is 1. The number of rotatable bonds is 5. The summed E-state index contributed by atoms with van der Waals surface area (Å²) in [6.45, 7) is 0.541. The number of carbonyl (C=O) groups is 1. The van der Waals surface area contributed by atoms with Crippen molar-refractivity contribution in [2.75, 3.05) is 12.1 Å². The smallest absolute Gasteiger partial charge is 0.293 e. The van der Waals surface area contributed by atoms with Crippen LogP contribution in [0.1, 0.15) is 15.9 Å². The zero-order valence-corrected chi connectivity index (χ0v) is 11.9. The third-order valence-electron chi connectivity index (χ3n) is 3.40. The quantitative estimate of drug-likeness (QED) is 0.644. The van der Waals surface area contributed by atoms with E-state index in [1.54, 1.807) is 12.1 Å². The first-order valence-corrected chi connectivity index (χ1v) is 6.75. The lowest BCUT2D eigenvalue weighted by atomic mass is 10.1. The summed E-state index contributed by atoms with van der Waals surface area (Å²) in [6, 6.07) is 9.49. The highest BCUT2D eigenvalue weighted by atomic mass is 16.7. The SMILES string of the molecule is NC(=O)c1ccc(NCc2ccc3c(c2)OCO3)c([N+](=O)[O-])c1. The van der Waals surface area contributed by atoms with Gasteiger partial charge in [-0.2, -0.15) is 0 Å². The van der Waals surface area contributed by atoms with Crippen molar-refractivity contribution in [3.8, 4) is 11.5 Å². The zero-order valence-electron chi connectivity index (χ0n) is 11.9. The van der Waals surface area contributed by atoms with E-state index in [2.05, 4.69) is 5.32 Å². The van der Waals surface area contributed by atoms with Gasteiger partial charge in [-0.15, -0.1) is 0 Å². The Bertz CT molecular complexity index is 791. The van der Waals surface area contributed by atoms with Crippen molar-refractivity contribution < 1.29 is 19.2 Å². The average molecular weight is 315 g/mol. The van der Waals surface area contributed by atoms with Crippen molar-refractivity contribution in [3.05, 3.63) is 57.6 Å². The van der Waals surface area contributed by atoms with E-state index in [1.807, 2.05) is 6.07 Å². The molecule has 0 unspecified atom stereocenters. The predicted molar refractivity (Wildman–Crippen MR) is 81.5 cm³/mol. The fourth-order valence-electron chi connectivity index (χ4n) is 2.23. The van der Waals surface area contributed by atoms with Crippen LogP contribution in [-0.2, 0) is 6.54 Å². The summed E-state index contributed by atoms with van der Waals surface area (Å²) < 4.78 is 10.5. The number of carbonyl (C=O) groups excluding carboxylic acids is 1. The molecule has 8 heteroatoms. The number of nitrogens with one attached hydrogen (secondary N) is 1. The summed E-state index contributed by atoms with van der Waals surface area (Å²) >= 11 is 0. The van der Waals surface area contributed by atoms with Gasteiger partial charge in [0.05, 0.1) is 4.92 Å². The highest BCUT2D eigenvalue weighted by Crippen LogP contribution is 2.33. The van der Waals surface area contributed by atoms with Crippen LogP contribution in [0, 0.1) is 10.1 Å². The number of nitro groups is 1. The molecular formula is C15H13N3O5. The first-order valence-electron chi connectivity index (χ1n) is 6.75. The second-order valence-electron chi connectivity index (χ2n) is 4.89. The Morgan fingerprint density at radius 3 is 2.74 bits per heavy atom. The third kappa shape index (κ3) is 3.00. The molecule has 0 aromatic heterocycles. The first kappa shape index (κ1) is 14.6. The van der Waals surface area contributed by atoms with Gasteiger partial charge in [0.2, 0.25) is 12.7 Å². The standard InChI is InChI=1S/C15H13N3O5/c16-15(19)10-2-3-11(12(6-10)18(20)21)17-7-9-1-4-13-14(5-9)23-8-22-13/h1-6,17H,7-8H2,(H2,16,19). The number of hydrogen-bond donors (Lipinski definition) is 2. The van der Waals surface area contributed by atoms with Gasteiger partial charge in [0.15, 0.2) is 11.5 Å². The Morgan fingerprint density at radius 2 is 2.00 bits per heavy atom. The number of primary amides is 1. The average Bonchev–Trinajstić information content (AvgIpc) is 3.00. The molecule has 0 bridgehead atoms. The summed E-state index contributed by atoms with van der Waals surface area (Å²) in [6.07, 6.45) is 0. The molecule has 2 aromatic rings. The molecule has 3 rings (SSSR count). The minimum absolute atomic E-state index is 0.0883. The molecule has 3 N–H and O–H groups in total. The van der Waals surface area contributed by atoms with Gasteiger partial charge in [-0.05, 0) is 29.8 Å². The maximum atomic E-state index is 11.1. The normalized spacial score (nSPS) is 12.0. The van der Waals surface area contributed by atoms with Crippen molar-refractivity contribution in [2.24, 2.45) is 5.73 Å². The predicted octanol–water partition coefficient (Wildman–Crippen LogP) is 2.03. The van der Waals surface area contributed by atoms with E-state index in [9.17, 15) is 14.9 Å². The van der Waals surface area contributed by atoms with Crippen LogP contribution < -0.4 is 20.5 Å². The van der Waals surface area contributed by atoms with Crippen molar-refractivity contribution in [2.45, 2.75) is 6.54 Å². The molecule has 1 amide bonds. The van der Waals surface area contributed by atoms with Crippen LogP contribution >= 0.6 is 0 Å². The summed E-state index contributed by atoms with van der Waals surface area (Å²) in [5, 5.41) is 14.1. The molecule has 0 aliphatic carbocycles. The van der Waals surface area contributed by atoms with E-state index in [0.717, 1.165) is 11.6 Å². The van der Waals surface area contributed by atoms with Crippen LogP contribution in [0.15, 0.2) is 36.4 Å². The summed E-state index contributed by atoms with van der Waals surface area (Å²) in [5.74, 6) is 0.601. The van der Waals surface area contributed by atoms with Gasteiger partial charge < -0.3 is 20.5 Å². The molecular weight excluding hydrogens is 302 g/mol. The lowest BCUT2D eigenvalue weighted by Gasteiger charge is -2.08. The van der Waals surface area contributed by atoms with Crippen LogP contribution in [0.2, 0.25) is 0 Å². The molecule has 118 valence electrons. The molecule has 1 aliphatic rings. The molecule has 0 radical (unpaired) electrons.